The quantitative estimate of drug-likeness (QED) is 0.390. The topological polar surface area (TPSA) is 48.6 Å². The first-order chi connectivity index (χ1) is 3.15. The molecule has 0 rings (SSSR count). The van der Waals surface area contributed by atoms with Crippen LogP contribution in [0.25, 0.3) is 0 Å². The van der Waals surface area contributed by atoms with Crippen LogP contribution in [0.1, 0.15) is 0 Å². The minimum Gasteiger partial charge on any atom is -0.412 e. The maximum Gasteiger partial charge on any atom is 0.206 e. The second-order valence-corrected chi connectivity index (χ2v) is 2.22. The first-order valence-corrected chi connectivity index (χ1v) is 2.95. The summed E-state index contributed by atoms with van der Waals surface area (Å²) < 4.78 is 20.3. The van der Waals surface area contributed by atoms with Crippen molar-refractivity contribution in [2.45, 2.75) is 0 Å². The summed E-state index contributed by atoms with van der Waals surface area (Å²) in [6, 6.07) is 0. The van der Waals surface area contributed by atoms with Crippen LogP contribution in [-0.4, -0.2) is 25.1 Å². The van der Waals surface area contributed by atoms with E-state index in [0.29, 0.717) is 0 Å². The molecule has 0 amide bonds. The van der Waals surface area contributed by atoms with E-state index in [4.69, 9.17) is 2.86 Å². The molecule has 0 atom stereocenters. The van der Waals surface area contributed by atoms with Crippen molar-refractivity contribution in [1.29, 1.82) is 2.86 Å². The van der Waals surface area contributed by atoms with Crippen LogP contribution >= 0.6 is 0 Å². The Hall–Kier alpha value is 0.110. The van der Waals surface area contributed by atoms with Crippen molar-refractivity contribution in [2.24, 2.45) is 0 Å². The molecular weight excluding hydrogens is 88.1 g/mol. The molecule has 0 aromatic carbocycles. The summed E-state index contributed by atoms with van der Waals surface area (Å²) in [6.45, 7) is 0. The van der Waals surface area contributed by atoms with Crippen molar-refractivity contribution in [1.82, 2.24) is 0 Å². The van der Waals surface area contributed by atoms with Gasteiger partial charge in [0.1, 0.15) is 0 Å². The Bertz CT molecular complexity index is 45.0. The Morgan fingerprint density at radius 3 is 2.00 bits per heavy atom. The Labute approximate surface area is 36.9 Å². The van der Waals surface area contributed by atoms with Crippen LogP contribution in [0.2, 0.25) is 0 Å². The fraction of sp³-hybridized carbons (Fsp3) is 1.00. The standard InChI is InChI=1S/C2H6OS.H2O/c1-4(2)3;/h1-2H3;1H2/i/hD2. The molecule has 0 radical (unpaired) electrons. The van der Waals surface area contributed by atoms with Crippen molar-refractivity contribution in [3.63, 3.8) is 0 Å². The van der Waals surface area contributed by atoms with E-state index in [1.54, 1.807) is 12.5 Å². The normalized spacial score (nSPS) is 11.0. The molecule has 5 heavy (non-hydrogen) atoms. The van der Waals surface area contributed by atoms with Crippen molar-refractivity contribution in [2.75, 3.05) is 12.5 Å². The number of rotatable bonds is 0. The second-order valence-electron chi connectivity index (χ2n) is 0.742. The Morgan fingerprint density at radius 2 is 2.00 bits per heavy atom. The average Bonchev–Trinajstić information content (AvgIpc) is 1.33. The molecule has 0 unspecified atom stereocenters. The van der Waals surface area contributed by atoms with Gasteiger partial charge in [-0.2, -0.15) is 0 Å². The highest BCUT2D eigenvalue weighted by Crippen LogP contribution is 1.47. The summed E-state index contributed by atoms with van der Waals surface area (Å²) in [6.07, 6.45) is 3.28. The summed E-state index contributed by atoms with van der Waals surface area (Å²) in [4.78, 5) is 0. The van der Waals surface area contributed by atoms with Gasteiger partial charge in [-0.05, 0) is 0 Å². The molecule has 0 saturated carbocycles. The van der Waals surface area contributed by atoms with Gasteiger partial charge in [-0.3, -0.25) is 4.21 Å². The smallest absolute Gasteiger partial charge is 0.206 e. The summed E-state index contributed by atoms with van der Waals surface area (Å²) in [5, 5.41) is 0. The molecule has 0 aliphatic rings. The molecular formula is C2H8O2S. The average molecular weight is 98.2 g/mol. The van der Waals surface area contributed by atoms with E-state index in [-0.39, 0.29) is 0 Å². The molecule has 0 spiro atoms. The van der Waals surface area contributed by atoms with Crippen LogP contribution < -0.4 is 0 Å². The first kappa shape index (κ1) is 3.31. The van der Waals surface area contributed by atoms with Crippen LogP contribution in [0.4, 0.5) is 0 Å². The maximum absolute atomic E-state index is 9.56. The molecule has 0 aliphatic heterocycles. The Balaban J connectivity index is 0. The highest BCUT2D eigenvalue weighted by Gasteiger charge is 1.57. The molecule has 0 aromatic heterocycles. The van der Waals surface area contributed by atoms with Gasteiger partial charge in [-0.25, -0.2) is 0 Å². The highest BCUT2D eigenvalue weighted by molar-refractivity contribution is 7.83. The van der Waals surface area contributed by atoms with Gasteiger partial charge in [0.05, 0.1) is 0 Å². The predicted molar refractivity (Wildman–Crippen MR) is 23.6 cm³/mol. The molecule has 0 aliphatic carbocycles. The Kier molecular flexibility index (Phi) is 2.72. The van der Waals surface area contributed by atoms with E-state index in [0.717, 1.165) is 0 Å². The highest BCUT2D eigenvalue weighted by atomic mass is 32.2. The van der Waals surface area contributed by atoms with Crippen molar-refractivity contribution >= 4 is 10.8 Å². The van der Waals surface area contributed by atoms with Gasteiger partial charge in [-0.15, -0.1) is 0 Å². The third-order valence-corrected chi connectivity index (χ3v) is 0. The summed E-state index contributed by atoms with van der Waals surface area (Å²) in [5.74, 6) is 0. The molecule has 34 valence electrons. The Morgan fingerprint density at radius 1 is 2.00 bits per heavy atom. The fourth-order valence-electron chi connectivity index (χ4n) is 0. The second kappa shape index (κ2) is 4.11. The van der Waals surface area contributed by atoms with Crippen molar-refractivity contribution in [3.8, 4) is 0 Å². The zero-order valence-electron chi connectivity index (χ0n) is 5.22. The monoisotopic (exact) mass is 98.0 g/mol. The molecule has 0 bridgehead atoms. The zero-order chi connectivity index (χ0) is 6.28. The number of hydrogen-bond acceptors (Lipinski definition) is 1. The van der Waals surface area contributed by atoms with Gasteiger partial charge >= 0.3 is 0 Å². The zero-order valence-corrected chi connectivity index (χ0v) is 4.04. The minimum absolute atomic E-state index is 0.611. The van der Waals surface area contributed by atoms with Crippen LogP contribution in [0.5, 0.6) is 0 Å². The van der Waals surface area contributed by atoms with Crippen LogP contribution in [0.15, 0.2) is 0 Å². The molecule has 3 heteroatoms. The first-order valence-electron chi connectivity index (χ1n) is 1.80. The predicted octanol–water partition coefficient (Wildman–Crippen LogP) is -0.830. The summed E-state index contributed by atoms with van der Waals surface area (Å²) >= 11 is 0. The van der Waals surface area contributed by atoms with Gasteiger partial charge in [-0.1, -0.05) is 0 Å². The van der Waals surface area contributed by atoms with Crippen LogP contribution in [-0.2, 0) is 10.8 Å². The lowest BCUT2D eigenvalue weighted by Crippen LogP contribution is -1.70. The largest absolute Gasteiger partial charge is 0.412 e. The molecule has 0 saturated heterocycles. The third-order valence-electron chi connectivity index (χ3n) is 0. The minimum atomic E-state index is -0.611. The van der Waals surface area contributed by atoms with Gasteiger partial charge in [0.2, 0.25) is 2.86 Å². The fourth-order valence-corrected chi connectivity index (χ4v) is 0. The van der Waals surface area contributed by atoms with E-state index in [1.165, 1.54) is 0 Å². The van der Waals surface area contributed by atoms with Crippen molar-refractivity contribution in [3.05, 3.63) is 0 Å². The molecule has 0 heterocycles. The summed E-state index contributed by atoms with van der Waals surface area (Å²) in [7, 11) is -0.611. The van der Waals surface area contributed by atoms with E-state index >= 15 is 0 Å². The van der Waals surface area contributed by atoms with E-state index < -0.39 is 10.8 Å². The molecule has 0 aromatic rings. The lowest BCUT2D eigenvalue weighted by atomic mass is 11.9. The van der Waals surface area contributed by atoms with E-state index in [9.17, 15) is 4.21 Å². The molecule has 2 N–H and O–H groups in total. The lowest BCUT2D eigenvalue weighted by molar-refractivity contribution is 0.690. The SMILES string of the molecule is CS(C)=O.[2H]O[2H]. The van der Waals surface area contributed by atoms with Crippen LogP contribution in [0.3, 0.4) is 0 Å². The maximum atomic E-state index is 9.56. The van der Waals surface area contributed by atoms with E-state index in [1.807, 2.05) is 0 Å². The van der Waals surface area contributed by atoms with Gasteiger partial charge < -0.3 is 5.48 Å². The van der Waals surface area contributed by atoms with Gasteiger partial charge in [0, 0.05) is 23.3 Å². The lowest BCUT2D eigenvalue weighted by Gasteiger charge is -1.60. The number of hydrogen-bond donors (Lipinski definition) is 0. The third kappa shape index (κ3) is 1510. The molecule has 0 fully saturated rings. The van der Waals surface area contributed by atoms with E-state index in [2.05, 4.69) is 5.48 Å². The van der Waals surface area contributed by atoms with Crippen molar-refractivity contribution < 1.29 is 9.69 Å². The van der Waals surface area contributed by atoms with Crippen LogP contribution in [0, 0.1) is 0 Å². The molecule has 2 nitrogen and oxygen atoms in total. The summed E-state index contributed by atoms with van der Waals surface area (Å²) in [5.41, 5.74) is 2.75. The van der Waals surface area contributed by atoms with Gasteiger partial charge in [0.25, 0.3) is 0 Å². The van der Waals surface area contributed by atoms with Gasteiger partial charge in [0.15, 0.2) is 0 Å².